The second kappa shape index (κ2) is 7.92. The molecule has 0 bridgehead atoms. The average Bonchev–Trinajstić information content (AvgIpc) is 3.06. The largest absolute Gasteiger partial charge is 0.481 e. The maximum atomic E-state index is 11.9. The van der Waals surface area contributed by atoms with Gasteiger partial charge in [-0.15, -0.1) is 0 Å². The number of hydrogen-bond donors (Lipinski definition) is 1. The van der Waals surface area contributed by atoms with E-state index in [4.69, 9.17) is 14.2 Å². The summed E-state index contributed by atoms with van der Waals surface area (Å²) in [5.41, 5.74) is 0.731. The van der Waals surface area contributed by atoms with E-state index in [2.05, 4.69) is 16.6 Å². The molecule has 0 amide bonds. The van der Waals surface area contributed by atoms with E-state index in [9.17, 15) is 8.42 Å². The normalized spacial score (nSPS) is 12.3. The molecule has 2 aromatic rings. The molecular formula is C18H17NO5S. The lowest BCUT2D eigenvalue weighted by atomic mass is 10.2. The minimum absolute atomic E-state index is 0.0413. The van der Waals surface area contributed by atoms with Crippen LogP contribution in [0, 0.1) is 11.8 Å². The molecular weight excluding hydrogens is 342 g/mol. The number of rotatable bonds is 6. The molecule has 3 rings (SSSR count). The highest BCUT2D eigenvalue weighted by molar-refractivity contribution is 7.88. The summed E-state index contributed by atoms with van der Waals surface area (Å²) in [5.74, 6) is 7.37. The van der Waals surface area contributed by atoms with Gasteiger partial charge in [-0.1, -0.05) is 42.2 Å². The van der Waals surface area contributed by atoms with E-state index in [1.54, 1.807) is 42.5 Å². The molecule has 1 N–H and O–H groups in total. The molecule has 1 aliphatic heterocycles. The fraction of sp³-hybridized carbons (Fsp3) is 0.222. The second-order valence-electron chi connectivity index (χ2n) is 5.22. The van der Waals surface area contributed by atoms with Gasteiger partial charge in [0.1, 0.15) is 12.4 Å². The summed E-state index contributed by atoms with van der Waals surface area (Å²) in [6.07, 6.45) is 0. The third-order valence-electron chi connectivity index (χ3n) is 3.36. The van der Waals surface area contributed by atoms with Crippen LogP contribution in [0.1, 0.15) is 5.56 Å². The lowest BCUT2D eigenvalue weighted by Gasteiger charge is -2.04. The minimum atomic E-state index is -3.40. The molecule has 0 fully saturated rings. The summed E-state index contributed by atoms with van der Waals surface area (Å²) >= 11 is 0. The average molecular weight is 359 g/mol. The van der Waals surface area contributed by atoms with Crippen LogP contribution in [0.5, 0.6) is 17.2 Å². The first-order valence-electron chi connectivity index (χ1n) is 7.62. The number of sulfonamides is 1. The Bertz CT molecular complexity index is 885. The van der Waals surface area contributed by atoms with Crippen LogP contribution >= 0.6 is 0 Å². The van der Waals surface area contributed by atoms with Crippen LogP contribution in [0.3, 0.4) is 0 Å². The lowest BCUT2D eigenvalue weighted by molar-refractivity contribution is 0.174. The lowest BCUT2D eigenvalue weighted by Crippen LogP contribution is -2.25. The van der Waals surface area contributed by atoms with Gasteiger partial charge in [-0.25, -0.2) is 13.1 Å². The van der Waals surface area contributed by atoms with Gasteiger partial charge < -0.3 is 14.2 Å². The molecule has 0 unspecified atom stereocenters. The second-order valence-corrected chi connectivity index (χ2v) is 7.03. The Morgan fingerprint density at radius 3 is 2.68 bits per heavy atom. The van der Waals surface area contributed by atoms with Crippen molar-refractivity contribution in [1.82, 2.24) is 4.72 Å². The van der Waals surface area contributed by atoms with Crippen LogP contribution in [-0.4, -0.2) is 28.4 Å². The molecule has 0 radical (unpaired) electrons. The van der Waals surface area contributed by atoms with Crippen LogP contribution in [0.2, 0.25) is 0 Å². The third-order valence-corrected chi connectivity index (χ3v) is 4.66. The maximum absolute atomic E-state index is 11.9. The SMILES string of the molecule is O=S(=O)(Cc1ccccc1)NCC#CCOc1ccc2c(c1)OCO2. The first-order valence-corrected chi connectivity index (χ1v) is 9.27. The molecule has 2 aromatic carbocycles. The van der Waals surface area contributed by atoms with Crippen LogP contribution in [-0.2, 0) is 15.8 Å². The molecule has 0 aliphatic carbocycles. The summed E-state index contributed by atoms with van der Waals surface area (Å²) in [7, 11) is -3.40. The Labute approximate surface area is 146 Å². The molecule has 0 saturated carbocycles. The van der Waals surface area contributed by atoms with Crippen molar-refractivity contribution in [2.45, 2.75) is 5.75 Å². The van der Waals surface area contributed by atoms with Gasteiger partial charge in [0.15, 0.2) is 11.5 Å². The van der Waals surface area contributed by atoms with Gasteiger partial charge in [-0.2, -0.15) is 0 Å². The number of hydrogen-bond acceptors (Lipinski definition) is 5. The fourth-order valence-electron chi connectivity index (χ4n) is 2.19. The number of benzene rings is 2. The van der Waals surface area contributed by atoms with Crippen molar-refractivity contribution in [2.75, 3.05) is 19.9 Å². The first-order chi connectivity index (χ1) is 12.1. The van der Waals surface area contributed by atoms with Crippen molar-refractivity contribution in [3.63, 3.8) is 0 Å². The zero-order valence-corrected chi connectivity index (χ0v) is 14.2. The van der Waals surface area contributed by atoms with Gasteiger partial charge in [0, 0.05) is 6.07 Å². The van der Waals surface area contributed by atoms with Crippen molar-refractivity contribution >= 4 is 10.0 Å². The zero-order chi connectivity index (χ0) is 17.5. The van der Waals surface area contributed by atoms with Gasteiger partial charge in [0.2, 0.25) is 16.8 Å². The summed E-state index contributed by atoms with van der Waals surface area (Å²) in [5, 5.41) is 0. The first kappa shape index (κ1) is 17.1. The summed E-state index contributed by atoms with van der Waals surface area (Å²) < 4.78 is 42.2. The Kier molecular flexibility index (Phi) is 5.43. The van der Waals surface area contributed by atoms with E-state index in [1.165, 1.54) is 0 Å². The number of nitrogens with one attached hydrogen (secondary N) is 1. The van der Waals surface area contributed by atoms with Crippen molar-refractivity contribution in [1.29, 1.82) is 0 Å². The van der Waals surface area contributed by atoms with E-state index >= 15 is 0 Å². The third kappa shape index (κ3) is 5.14. The Balaban J connectivity index is 1.42. The standard InChI is InChI=1S/C18H17NO5S/c20-25(21,13-15-6-2-1-3-7-15)19-10-4-5-11-22-16-8-9-17-18(12-16)24-14-23-17/h1-3,6-9,12,19H,10-11,13-14H2. The Hall–Kier alpha value is -2.69. The predicted molar refractivity (Wildman–Crippen MR) is 92.9 cm³/mol. The van der Waals surface area contributed by atoms with Crippen LogP contribution in [0.4, 0.5) is 0 Å². The van der Waals surface area contributed by atoms with Crippen molar-refractivity contribution in [2.24, 2.45) is 0 Å². The molecule has 0 aromatic heterocycles. The summed E-state index contributed by atoms with van der Waals surface area (Å²) in [6.45, 7) is 0.404. The van der Waals surface area contributed by atoms with Crippen molar-refractivity contribution in [3.05, 3.63) is 54.1 Å². The number of ether oxygens (including phenoxy) is 3. The maximum Gasteiger partial charge on any atom is 0.231 e. The van der Waals surface area contributed by atoms with Crippen LogP contribution < -0.4 is 18.9 Å². The molecule has 7 heteroatoms. The van der Waals surface area contributed by atoms with Gasteiger partial charge >= 0.3 is 0 Å². The van der Waals surface area contributed by atoms with Crippen molar-refractivity contribution in [3.8, 4) is 29.1 Å². The predicted octanol–water partition coefficient (Wildman–Crippen LogP) is 1.92. The zero-order valence-electron chi connectivity index (χ0n) is 13.4. The highest BCUT2D eigenvalue weighted by Crippen LogP contribution is 2.34. The van der Waals surface area contributed by atoms with Gasteiger partial charge in [-0.3, -0.25) is 0 Å². The molecule has 1 aliphatic rings. The smallest absolute Gasteiger partial charge is 0.231 e. The summed E-state index contributed by atoms with van der Waals surface area (Å²) in [4.78, 5) is 0. The van der Waals surface area contributed by atoms with E-state index in [0.717, 1.165) is 5.56 Å². The number of fused-ring (bicyclic) bond motifs is 1. The van der Waals surface area contributed by atoms with Gasteiger partial charge in [0.25, 0.3) is 0 Å². The van der Waals surface area contributed by atoms with E-state index < -0.39 is 10.0 Å². The monoisotopic (exact) mass is 359 g/mol. The van der Waals surface area contributed by atoms with Gasteiger partial charge in [-0.05, 0) is 17.7 Å². The van der Waals surface area contributed by atoms with E-state index in [-0.39, 0.29) is 25.7 Å². The quantitative estimate of drug-likeness (QED) is 0.798. The molecule has 1 heterocycles. The van der Waals surface area contributed by atoms with Gasteiger partial charge in [0.05, 0.1) is 12.3 Å². The highest BCUT2D eigenvalue weighted by Gasteiger charge is 2.13. The Morgan fingerprint density at radius 2 is 1.84 bits per heavy atom. The molecule has 0 spiro atoms. The molecule has 25 heavy (non-hydrogen) atoms. The molecule has 6 nitrogen and oxygen atoms in total. The highest BCUT2D eigenvalue weighted by atomic mass is 32.2. The van der Waals surface area contributed by atoms with Crippen molar-refractivity contribution < 1.29 is 22.6 Å². The van der Waals surface area contributed by atoms with E-state index in [1.807, 2.05) is 6.07 Å². The Morgan fingerprint density at radius 1 is 1.04 bits per heavy atom. The molecule has 130 valence electrons. The topological polar surface area (TPSA) is 73.9 Å². The molecule has 0 atom stereocenters. The summed E-state index contributed by atoms with van der Waals surface area (Å²) in [6, 6.07) is 14.2. The van der Waals surface area contributed by atoms with Crippen LogP contribution in [0.25, 0.3) is 0 Å². The fourth-order valence-corrected chi connectivity index (χ4v) is 3.22. The van der Waals surface area contributed by atoms with E-state index in [0.29, 0.717) is 17.2 Å². The van der Waals surface area contributed by atoms with Crippen LogP contribution in [0.15, 0.2) is 48.5 Å². The minimum Gasteiger partial charge on any atom is -0.481 e. The molecule has 0 saturated heterocycles.